The van der Waals surface area contributed by atoms with E-state index in [1.54, 1.807) is 0 Å². The van der Waals surface area contributed by atoms with Crippen LogP contribution in [0.4, 0.5) is 13.2 Å². The van der Waals surface area contributed by atoms with E-state index < -0.39 is 29.9 Å². The molecule has 0 aliphatic heterocycles. The lowest BCUT2D eigenvalue weighted by Crippen LogP contribution is -2.48. The van der Waals surface area contributed by atoms with E-state index in [0.717, 1.165) is 34.7 Å². The highest BCUT2D eigenvalue weighted by molar-refractivity contribution is 5.78. The molecule has 2 atom stereocenters. The van der Waals surface area contributed by atoms with Crippen LogP contribution in [0, 0.1) is 0 Å². The molecule has 0 saturated heterocycles. The molecule has 2 N–H and O–H groups in total. The van der Waals surface area contributed by atoms with Crippen LogP contribution in [0.25, 0.3) is 0 Å². The van der Waals surface area contributed by atoms with Crippen LogP contribution in [0.15, 0.2) is 36.7 Å². The monoisotopic (exact) mass is 367 g/mol. The number of amides is 1. The predicted octanol–water partition coefficient (Wildman–Crippen LogP) is 2.75. The van der Waals surface area contributed by atoms with Gasteiger partial charge in [-0.15, -0.1) is 0 Å². The number of aromatic nitrogens is 2. The molecule has 0 saturated carbocycles. The molecule has 0 radical (unpaired) electrons. The van der Waals surface area contributed by atoms with Gasteiger partial charge >= 0.3 is 6.18 Å². The first-order valence-corrected chi connectivity index (χ1v) is 8.36. The van der Waals surface area contributed by atoms with Crippen molar-refractivity contribution >= 4 is 5.91 Å². The minimum absolute atomic E-state index is 0.355. The van der Waals surface area contributed by atoms with Gasteiger partial charge in [0.05, 0.1) is 12.5 Å². The van der Waals surface area contributed by atoms with Gasteiger partial charge in [-0.05, 0) is 30.4 Å². The van der Waals surface area contributed by atoms with Crippen molar-refractivity contribution in [1.29, 1.82) is 0 Å². The van der Waals surface area contributed by atoms with Gasteiger partial charge in [0, 0.05) is 19.4 Å². The average molecular weight is 367 g/mol. The summed E-state index contributed by atoms with van der Waals surface area (Å²) in [5.41, 5.74) is -1.34. The summed E-state index contributed by atoms with van der Waals surface area (Å²) in [6.45, 7) is 0. The molecule has 5 nitrogen and oxygen atoms in total. The molecule has 0 spiro atoms. The van der Waals surface area contributed by atoms with E-state index in [1.807, 2.05) is 24.3 Å². The number of carbonyl (C=O) groups is 1. The van der Waals surface area contributed by atoms with Gasteiger partial charge < -0.3 is 15.0 Å². The van der Waals surface area contributed by atoms with Crippen molar-refractivity contribution in [1.82, 2.24) is 14.9 Å². The fraction of sp³-hybridized carbons (Fsp3) is 0.444. The molecule has 2 unspecified atom stereocenters. The maximum Gasteiger partial charge on any atom is 0.425 e. The molecular formula is C18H20F3N3O2. The number of nitrogens with zero attached hydrogens (tertiary/aromatic N) is 2. The smallest absolute Gasteiger partial charge is 0.374 e. The van der Waals surface area contributed by atoms with Crippen LogP contribution in [0.2, 0.25) is 0 Å². The summed E-state index contributed by atoms with van der Waals surface area (Å²) < 4.78 is 41.7. The molecule has 0 bridgehead atoms. The molecular weight excluding hydrogens is 347 g/mol. The van der Waals surface area contributed by atoms with Crippen LogP contribution in [0.1, 0.15) is 42.3 Å². The third-order valence-electron chi connectivity index (χ3n) is 4.78. The fourth-order valence-corrected chi connectivity index (χ4v) is 3.45. The Hall–Kier alpha value is -2.35. The second-order valence-electron chi connectivity index (χ2n) is 6.61. The minimum atomic E-state index is -5.03. The van der Waals surface area contributed by atoms with Crippen LogP contribution < -0.4 is 5.32 Å². The van der Waals surface area contributed by atoms with Gasteiger partial charge in [-0.1, -0.05) is 24.3 Å². The second-order valence-corrected chi connectivity index (χ2v) is 6.61. The first-order chi connectivity index (χ1) is 12.2. The molecule has 2 aromatic rings. The number of aliphatic hydroxyl groups is 1. The largest absolute Gasteiger partial charge is 0.425 e. The topological polar surface area (TPSA) is 67.1 Å². The molecule has 1 aromatic carbocycles. The Bertz CT molecular complexity index is 803. The van der Waals surface area contributed by atoms with E-state index in [0.29, 0.717) is 6.42 Å². The van der Waals surface area contributed by atoms with Gasteiger partial charge in [0.2, 0.25) is 11.5 Å². The number of hydrogen-bond donors (Lipinski definition) is 2. The van der Waals surface area contributed by atoms with Crippen molar-refractivity contribution in [2.45, 2.75) is 43.5 Å². The second kappa shape index (κ2) is 6.75. The molecule has 26 heavy (non-hydrogen) atoms. The maximum atomic E-state index is 13.5. The van der Waals surface area contributed by atoms with Crippen LogP contribution >= 0.6 is 0 Å². The summed E-state index contributed by atoms with van der Waals surface area (Å²) in [5.74, 6) is -1.47. The van der Waals surface area contributed by atoms with E-state index in [9.17, 15) is 23.1 Å². The third kappa shape index (κ3) is 3.33. The number of imidazole rings is 1. The highest BCUT2D eigenvalue weighted by Crippen LogP contribution is 2.41. The average Bonchev–Trinajstić information content (AvgIpc) is 3.00. The van der Waals surface area contributed by atoms with E-state index in [-0.39, 0.29) is 6.04 Å². The molecule has 3 rings (SSSR count). The summed E-state index contributed by atoms with van der Waals surface area (Å²) in [6, 6.07) is 7.20. The SMILES string of the molecule is Cn1ccnc1C(O)(CC(=O)NC1CCCc2ccccc21)C(F)(F)F. The van der Waals surface area contributed by atoms with E-state index in [1.165, 1.54) is 13.2 Å². The molecule has 1 aliphatic rings. The number of aryl methyl sites for hydroxylation is 2. The van der Waals surface area contributed by atoms with E-state index >= 15 is 0 Å². The lowest BCUT2D eigenvalue weighted by molar-refractivity contribution is -0.271. The number of rotatable bonds is 4. The van der Waals surface area contributed by atoms with E-state index in [4.69, 9.17) is 0 Å². The zero-order chi connectivity index (χ0) is 18.9. The fourth-order valence-electron chi connectivity index (χ4n) is 3.45. The lowest BCUT2D eigenvalue weighted by Gasteiger charge is -2.31. The quantitative estimate of drug-likeness (QED) is 0.873. The summed E-state index contributed by atoms with van der Waals surface area (Å²) >= 11 is 0. The van der Waals surface area contributed by atoms with Crippen molar-refractivity contribution in [3.63, 3.8) is 0 Å². The van der Waals surface area contributed by atoms with Crippen LogP contribution in [0.3, 0.4) is 0 Å². The van der Waals surface area contributed by atoms with Gasteiger partial charge in [-0.2, -0.15) is 13.2 Å². The predicted molar refractivity (Wildman–Crippen MR) is 88.0 cm³/mol. The van der Waals surface area contributed by atoms with Gasteiger partial charge in [-0.25, -0.2) is 4.98 Å². The maximum absolute atomic E-state index is 13.5. The van der Waals surface area contributed by atoms with Gasteiger partial charge in [0.25, 0.3) is 0 Å². The number of halogens is 3. The van der Waals surface area contributed by atoms with Gasteiger partial charge in [-0.3, -0.25) is 4.79 Å². The summed E-state index contributed by atoms with van der Waals surface area (Å²) in [5, 5.41) is 13.0. The van der Waals surface area contributed by atoms with Gasteiger partial charge in [0.1, 0.15) is 0 Å². The van der Waals surface area contributed by atoms with Crippen molar-refractivity contribution in [3.8, 4) is 0 Å². The Morgan fingerprint density at radius 3 is 2.77 bits per heavy atom. The first kappa shape index (κ1) is 18.4. The zero-order valence-electron chi connectivity index (χ0n) is 14.3. The van der Waals surface area contributed by atoms with Crippen LogP contribution in [-0.4, -0.2) is 26.7 Å². The summed E-state index contributed by atoms with van der Waals surface area (Å²) in [7, 11) is 1.34. The number of nitrogens with one attached hydrogen (secondary N) is 1. The normalized spacial score (nSPS) is 19.5. The van der Waals surface area contributed by atoms with Crippen molar-refractivity contribution < 1.29 is 23.1 Å². The van der Waals surface area contributed by atoms with Crippen LogP contribution in [-0.2, 0) is 23.9 Å². The third-order valence-corrected chi connectivity index (χ3v) is 4.78. The Morgan fingerprint density at radius 2 is 2.12 bits per heavy atom. The minimum Gasteiger partial charge on any atom is -0.374 e. The Labute approximate surface area is 148 Å². The lowest BCUT2D eigenvalue weighted by atomic mass is 9.87. The molecule has 1 aliphatic carbocycles. The molecule has 0 fully saturated rings. The standard InChI is InChI=1S/C18H20F3N3O2/c1-24-10-9-22-16(24)17(26,18(19,20)21)11-15(25)23-14-8-4-6-12-5-2-3-7-13(12)14/h2-3,5,7,9-10,14,26H,4,6,8,11H2,1H3,(H,23,25). The van der Waals surface area contributed by atoms with Crippen molar-refractivity contribution in [2.24, 2.45) is 7.05 Å². The highest BCUT2D eigenvalue weighted by atomic mass is 19.4. The number of hydrogen-bond acceptors (Lipinski definition) is 3. The molecule has 8 heteroatoms. The van der Waals surface area contributed by atoms with Crippen LogP contribution in [0.5, 0.6) is 0 Å². The summed E-state index contributed by atoms with van der Waals surface area (Å²) in [6.07, 6.45) is -1.36. The molecule has 1 heterocycles. The Morgan fingerprint density at radius 1 is 1.38 bits per heavy atom. The zero-order valence-corrected chi connectivity index (χ0v) is 14.3. The summed E-state index contributed by atoms with van der Waals surface area (Å²) in [4.78, 5) is 16.0. The molecule has 1 amide bonds. The number of fused-ring (bicyclic) bond motifs is 1. The Kier molecular flexibility index (Phi) is 4.79. The Balaban J connectivity index is 1.81. The van der Waals surface area contributed by atoms with E-state index in [2.05, 4.69) is 10.3 Å². The number of alkyl halides is 3. The molecule has 140 valence electrons. The number of benzene rings is 1. The highest BCUT2D eigenvalue weighted by Gasteiger charge is 2.58. The van der Waals surface area contributed by atoms with Crippen molar-refractivity contribution in [3.05, 3.63) is 53.6 Å². The molecule has 1 aromatic heterocycles. The van der Waals surface area contributed by atoms with Gasteiger partial charge in [0.15, 0.2) is 5.82 Å². The first-order valence-electron chi connectivity index (χ1n) is 8.36. The van der Waals surface area contributed by atoms with Crippen molar-refractivity contribution in [2.75, 3.05) is 0 Å². The number of carbonyl (C=O) groups excluding carboxylic acids is 1.